The summed E-state index contributed by atoms with van der Waals surface area (Å²) in [7, 11) is 0. The van der Waals surface area contributed by atoms with Crippen LogP contribution < -0.4 is 9.64 Å². The zero-order valence-corrected chi connectivity index (χ0v) is 20.1. The molecule has 2 aromatic heterocycles. The van der Waals surface area contributed by atoms with Crippen molar-refractivity contribution in [1.29, 1.82) is 0 Å². The van der Waals surface area contributed by atoms with Crippen LogP contribution in [0.15, 0.2) is 41.1 Å². The van der Waals surface area contributed by atoms with E-state index in [4.69, 9.17) is 32.5 Å². The predicted octanol–water partition coefficient (Wildman–Crippen LogP) is 4.82. The maximum atomic E-state index is 12.6. The highest BCUT2D eigenvalue weighted by Gasteiger charge is 2.24. The molecule has 1 saturated carbocycles. The van der Waals surface area contributed by atoms with Gasteiger partial charge in [0.1, 0.15) is 11.6 Å². The van der Waals surface area contributed by atoms with Crippen molar-refractivity contribution in [3.8, 4) is 17.1 Å². The number of hydrogen-bond donors (Lipinski definition) is 0. The van der Waals surface area contributed by atoms with Gasteiger partial charge in [0.25, 0.3) is 5.91 Å². The van der Waals surface area contributed by atoms with Crippen molar-refractivity contribution in [2.45, 2.75) is 31.6 Å². The van der Waals surface area contributed by atoms with Crippen molar-refractivity contribution in [2.24, 2.45) is 0 Å². The van der Waals surface area contributed by atoms with Crippen LogP contribution in [0.4, 0.5) is 5.82 Å². The molecule has 10 heteroatoms. The molecule has 2 aliphatic rings. The molecule has 2 fully saturated rings. The Balaban J connectivity index is 1.13. The number of aromatic nitrogens is 3. The van der Waals surface area contributed by atoms with E-state index in [1.54, 1.807) is 29.3 Å². The van der Waals surface area contributed by atoms with Gasteiger partial charge in [0, 0.05) is 48.9 Å². The Morgan fingerprint density at radius 1 is 1.09 bits per heavy atom. The molecule has 1 saturated heterocycles. The van der Waals surface area contributed by atoms with Crippen molar-refractivity contribution in [2.75, 3.05) is 37.7 Å². The van der Waals surface area contributed by atoms with Crippen LogP contribution in [-0.2, 0) is 4.79 Å². The molecule has 34 heavy (non-hydrogen) atoms. The molecule has 5 rings (SSSR count). The highest BCUT2D eigenvalue weighted by Crippen LogP contribution is 2.34. The number of pyridine rings is 1. The van der Waals surface area contributed by atoms with Crippen molar-refractivity contribution < 1.29 is 14.1 Å². The molecule has 0 bridgehead atoms. The van der Waals surface area contributed by atoms with Crippen molar-refractivity contribution in [3.63, 3.8) is 0 Å². The monoisotopic (exact) mass is 501 g/mol. The average Bonchev–Trinajstić information content (AvgIpc) is 3.56. The van der Waals surface area contributed by atoms with Gasteiger partial charge < -0.3 is 19.1 Å². The first-order chi connectivity index (χ1) is 16.6. The normalized spacial score (nSPS) is 16.8. The van der Waals surface area contributed by atoms with E-state index in [1.807, 2.05) is 12.1 Å². The van der Waals surface area contributed by atoms with Gasteiger partial charge in [-0.1, -0.05) is 41.2 Å². The molecule has 1 aliphatic heterocycles. The summed E-state index contributed by atoms with van der Waals surface area (Å²) in [5.74, 6) is 2.93. The van der Waals surface area contributed by atoms with Crippen LogP contribution in [0.1, 0.15) is 37.5 Å². The standard InChI is InChI=1S/C24H25Cl2N5O3/c25-18-6-7-20(19(26)13-18)33-15-22(32)31-11-9-30(10-12-31)21-8-5-17(14-27-21)23-28-24(34-29-23)16-3-1-2-4-16/h5-8,13-14,16H,1-4,9-12,15H2. The van der Waals surface area contributed by atoms with Crippen molar-refractivity contribution in [1.82, 2.24) is 20.0 Å². The average molecular weight is 502 g/mol. The minimum absolute atomic E-state index is 0.0676. The Hall–Kier alpha value is -2.84. The first kappa shape index (κ1) is 22.9. The third kappa shape index (κ3) is 5.13. The summed E-state index contributed by atoms with van der Waals surface area (Å²) in [6.07, 6.45) is 6.46. The number of anilines is 1. The summed E-state index contributed by atoms with van der Waals surface area (Å²) in [6.45, 7) is 2.49. The third-order valence-electron chi connectivity index (χ3n) is 6.35. The van der Waals surface area contributed by atoms with Gasteiger partial charge >= 0.3 is 0 Å². The van der Waals surface area contributed by atoms with Gasteiger partial charge in [-0.3, -0.25) is 4.79 Å². The topological polar surface area (TPSA) is 84.6 Å². The first-order valence-electron chi connectivity index (χ1n) is 11.5. The van der Waals surface area contributed by atoms with E-state index in [1.165, 1.54) is 12.8 Å². The lowest BCUT2D eigenvalue weighted by Gasteiger charge is -2.35. The van der Waals surface area contributed by atoms with Crippen LogP contribution in [0.3, 0.4) is 0 Å². The van der Waals surface area contributed by atoms with E-state index in [0.29, 0.717) is 53.7 Å². The summed E-state index contributed by atoms with van der Waals surface area (Å²) in [5.41, 5.74) is 0.837. The van der Waals surface area contributed by atoms with Gasteiger partial charge in [0.2, 0.25) is 11.7 Å². The maximum absolute atomic E-state index is 12.6. The molecule has 1 amide bonds. The van der Waals surface area contributed by atoms with Crippen LogP contribution in [-0.4, -0.2) is 58.7 Å². The lowest BCUT2D eigenvalue weighted by molar-refractivity contribution is -0.133. The second-order valence-electron chi connectivity index (χ2n) is 8.57. The summed E-state index contributed by atoms with van der Waals surface area (Å²) in [6, 6.07) is 8.86. The smallest absolute Gasteiger partial charge is 0.260 e. The number of carbonyl (C=O) groups is 1. The Morgan fingerprint density at radius 2 is 1.88 bits per heavy atom. The summed E-state index contributed by atoms with van der Waals surface area (Å²) in [5, 5.41) is 5.05. The fourth-order valence-corrected chi connectivity index (χ4v) is 4.87. The number of hydrogen-bond acceptors (Lipinski definition) is 7. The molecule has 0 unspecified atom stereocenters. The molecule has 1 aromatic carbocycles. The van der Waals surface area contributed by atoms with E-state index in [9.17, 15) is 4.79 Å². The Labute approximate surface area is 207 Å². The lowest BCUT2D eigenvalue weighted by atomic mass is 10.1. The van der Waals surface area contributed by atoms with E-state index in [2.05, 4.69) is 20.0 Å². The highest BCUT2D eigenvalue weighted by atomic mass is 35.5. The fourth-order valence-electron chi connectivity index (χ4n) is 4.40. The molecule has 3 aromatic rings. The van der Waals surface area contributed by atoms with E-state index < -0.39 is 0 Å². The second-order valence-corrected chi connectivity index (χ2v) is 9.42. The Bertz CT molecular complexity index is 1140. The van der Waals surface area contributed by atoms with Crippen molar-refractivity contribution in [3.05, 3.63) is 52.5 Å². The first-order valence-corrected chi connectivity index (χ1v) is 12.2. The summed E-state index contributed by atoms with van der Waals surface area (Å²) < 4.78 is 11.1. The minimum Gasteiger partial charge on any atom is -0.482 e. The summed E-state index contributed by atoms with van der Waals surface area (Å²) >= 11 is 12.0. The zero-order chi connectivity index (χ0) is 23.5. The number of piperazine rings is 1. The van der Waals surface area contributed by atoms with Crippen LogP contribution in [0.25, 0.3) is 11.4 Å². The molecule has 3 heterocycles. The number of amides is 1. The molecular weight excluding hydrogens is 477 g/mol. The number of ether oxygens (including phenoxy) is 1. The number of carbonyl (C=O) groups excluding carboxylic acids is 1. The Kier molecular flexibility index (Phi) is 6.87. The van der Waals surface area contributed by atoms with Gasteiger partial charge in [-0.2, -0.15) is 4.98 Å². The number of rotatable bonds is 6. The van der Waals surface area contributed by atoms with Gasteiger partial charge in [0.15, 0.2) is 6.61 Å². The van der Waals surface area contributed by atoms with E-state index in [-0.39, 0.29) is 12.5 Å². The van der Waals surface area contributed by atoms with Crippen LogP contribution in [0.5, 0.6) is 5.75 Å². The van der Waals surface area contributed by atoms with Gasteiger partial charge in [0.05, 0.1) is 5.02 Å². The van der Waals surface area contributed by atoms with E-state index in [0.717, 1.165) is 30.1 Å². The van der Waals surface area contributed by atoms with Gasteiger partial charge in [-0.25, -0.2) is 4.98 Å². The molecule has 0 radical (unpaired) electrons. The van der Waals surface area contributed by atoms with E-state index >= 15 is 0 Å². The van der Waals surface area contributed by atoms with Crippen LogP contribution in [0.2, 0.25) is 10.0 Å². The number of halogens is 2. The van der Waals surface area contributed by atoms with Gasteiger partial charge in [-0.05, 0) is 43.2 Å². The molecule has 8 nitrogen and oxygen atoms in total. The third-order valence-corrected chi connectivity index (χ3v) is 6.88. The molecule has 0 N–H and O–H groups in total. The fraction of sp³-hybridized carbons (Fsp3) is 0.417. The zero-order valence-electron chi connectivity index (χ0n) is 18.6. The predicted molar refractivity (Wildman–Crippen MR) is 129 cm³/mol. The largest absolute Gasteiger partial charge is 0.482 e. The molecule has 0 spiro atoms. The SMILES string of the molecule is O=C(COc1ccc(Cl)cc1Cl)N1CCN(c2ccc(-c3noc(C4CCCC4)n3)cn2)CC1. The molecule has 178 valence electrons. The van der Waals surface area contributed by atoms with Crippen LogP contribution in [0, 0.1) is 0 Å². The van der Waals surface area contributed by atoms with Gasteiger partial charge in [-0.15, -0.1) is 0 Å². The molecule has 1 aliphatic carbocycles. The summed E-state index contributed by atoms with van der Waals surface area (Å²) in [4.78, 5) is 25.7. The highest BCUT2D eigenvalue weighted by molar-refractivity contribution is 6.35. The minimum atomic E-state index is -0.0795. The number of benzene rings is 1. The molecular formula is C24H25Cl2N5O3. The van der Waals surface area contributed by atoms with Crippen LogP contribution >= 0.6 is 23.2 Å². The second kappa shape index (κ2) is 10.2. The number of nitrogens with zero attached hydrogens (tertiary/aromatic N) is 5. The maximum Gasteiger partial charge on any atom is 0.260 e. The Morgan fingerprint density at radius 3 is 2.59 bits per heavy atom. The molecule has 0 atom stereocenters. The lowest BCUT2D eigenvalue weighted by Crippen LogP contribution is -2.50. The van der Waals surface area contributed by atoms with Crippen molar-refractivity contribution >= 4 is 34.9 Å². The quantitative estimate of drug-likeness (QED) is 0.478.